The van der Waals surface area contributed by atoms with Crippen LogP contribution in [0.4, 0.5) is 10.1 Å². The maximum absolute atomic E-state index is 13.9. The lowest BCUT2D eigenvalue weighted by Gasteiger charge is -2.24. The van der Waals surface area contributed by atoms with Crippen molar-refractivity contribution in [3.05, 3.63) is 88.2 Å². The van der Waals surface area contributed by atoms with Crippen molar-refractivity contribution in [2.45, 2.75) is 15.5 Å². The predicted octanol–water partition coefficient (Wildman–Crippen LogP) is 6.10. The zero-order chi connectivity index (χ0) is 25.4. The highest BCUT2D eigenvalue weighted by Gasteiger charge is 2.27. The van der Waals surface area contributed by atoms with Crippen molar-refractivity contribution >= 4 is 68.3 Å². The second kappa shape index (κ2) is 12.9. The first kappa shape index (κ1) is 27.7. The number of rotatable bonds is 11. The molecule has 1 N–H and O–H groups in total. The summed E-state index contributed by atoms with van der Waals surface area (Å²) in [6.07, 6.45) is 1.88. The van der Waals surface area contributed by atoms with Gasteiger partial charge in [-0.1, -0.05) is 35.3 Å². The fraction of sp³-hybridized carbons (Fsp3) is 0.208. The number of nitrogens with zero attached hydrogens (tertiary/aromatic N) is 1. The van der Waals surface area contributed by atoms with E-state index in [9.17, 15) is 17.6 Å². The number of thioether (sulfide) groups is 2. The summed E-state index contributed by atoms with van der Waals surface area (Å²) in [7, 11) is -4.11. The van der Waals surface area contributed by atoms with E-state index in [1.807, 2.05) is 6.26 Å². The van der Waals surface area contributed by atoms with E-state index >= 15 is 0 Å². The second-order valence-corrected chi connectivity index (χ2v) is 11.9. The fourth-order valence-electron chi connectivity index (χ4n) is 3.11. The molecule has 35 heavy (non-hydrogen) atoms. The SMILES string of the molecule is CSc1ccc(S(=O)(=O)N(CC(=O)NCCSCc2c(Cl)cccc2Cl)c2cccc(F)c2)cc1. The van der Waals surface area contributed by atoms with Gasteiger partial charge in [0.2, 0.25) is 5.91 Å². The molecule has 0 bridgehead atoms. The number of carbonyl (C=O) groups is 1. The minimum absolute atomic E-state index is 0.0135. The Kier molecular flexibility index (Phi) is 10.2. The van der Waals surface area contributed by atoms with Gasteiger partial charge in [-0.3, -0.25) is 9.10 Å². The number of halogens is 3. The van der Waals surface area contributed by atoms with Crippen LogP contribution in [-0.4, -0.2) is 39.4 Å². The monoisotopic (exact) mass is 572 g/mol. The summed E-state index contributed by atoms with van der Waals surface area (Å²) in [6.45, 7) is -0.178. The quantitative estimate of drug-likeness (QED) is 0.222. The summed E-state index contributed by atoms with van der Waals surface area (Å²) < 4.78 is 41.5. The number of benzene rings is 3. The van der Waals surface area contributed by atoms with Gasteiger partial charge < -0.3 is 5.32 Å². The van der Waals surface area contributed by atoms with E-state index < -0.39 is 28.3 Å². The van der Waals surface area contributed by atoms with Crippen LogP contribution in [0.5, 0.6) is 0 Å². The van der Waals surface area contributed by atoms with Crippen molar-refractivity contribution in [1.29, 1.82) is 0 Å². The van der Waals surface area contributed by atoms with Crippen LogP contribution in [0, 0.1) is 5.82 Å². The third kappa shape index (κ3) is 7.54. The third-order valence-corrected chi connectivity index (χ3v) is 9.13. The molecular formula is C24H23Cl2FN2O3S3. The maximum Gasteiger partial charge on any atom is 0.264 e. The molecule has 11 heteroatoms. The van der Waals surface area contributed by atoms with Crippen molar-refractivity contribution in [3.63, 3.8) is 0 Å². The summed E-state index contributed by atoms with van der Waals surface area (Å²) in [6, 6.07) is 16.8. The van der Waals surface area contributed by atoms with Crippen molar-refractivity contribution in [2.75, 3.05) is 29.4 Å². The second-order valence-electron chi connectivity index (χ2n) is 7.27. The maximum atomic E-state index is 13.9. The Morgan fingerprint density at radius 3 is 2.31 bits per heavy atom. The molecule has 0 aliphatic heterocycles. The average molecular weight is 574 g/mol. The van der Waals surface area contributed by atoms with Gasteiger partial charge >= 0.3 is 0 Å². The summed E-state index contributed by atoms with van der Waals surface area (Å²) in [4.78, 5) is 13.6. The highest BCUT2D eigenvalue weighted by molar-refractivity contribution is 7.98. The molecule has 0 fully saturated rings. The third-order valence-electron chi connectivity index (χ3n) is 4.91. The zero-order valence-corrected chi connectivity index (χ0v) is 22.7. The van der Waals surface area contributed by atoms with E-state index in [0.717, 1.165) is 20.8 Å². The van der Waals surface area contributed by atoms with Gasteiger partial charge in [0.25, 0.3) is 10.0 Å². The van der Waals surface area contributed by atoms with Crippen LogP contribution >= 0.6 is 46.7 Å². The summed E-state index contributed by atoms with van der Waals surface area (Å²) >= 11 is 15.4. The van der Waals surface area contributed by atoms with Gasteiger partial charge in [0.1, 0.15) is 12.4 Å². The lowest BCUT2D eigenvalue weighted by Crippen LogP contribution is -2.41. The molecule has 0 unspecified atom stereocenters. The molecule has 0 spiro atoms. The summed E-state index contributed by atoms with van der Waals surface area (Å²) in [5.74, 6) is 0.0332. The van der Waals surface area contributed by atoms with E-state index in [-0.39, 0.29) is 10.6 Å². The standard InChI is InChI=1S/C24H23Cl2FN2O3S3/c1-33-19-8-10-20(11-9-19)35(31,32)29(18-5-2-4-17(27)14-18)15-24(30)28-12-13-34-16-21-22(25)6-3-7-23(21)26/h2-11,14H,12-13,15-16H2,1H3,(H,28,30). The van der Waals surface area contributed by atoms with Crippen molar-refractivity contribution in [3.8, 4) is 0 Å². The molecule has 0 heterocycles. The molecule has 0 aliphatic carbocycles. The molecule has 0 aliphatic rings. The highest BCUT2D eigenvalue weighted by atomic mass is 35.5. The van der Waals surface area contributed by atoms with Gasteiger partial charge in [0.15, 0.2) is 0 Å². The van der Waals surface area contributed by atoms with Gasteiger partial charge in [-0.05, 0) is 66.4 Å². The lowest BCUT2D eigenvalue weighted by molar-refractivity contribution is -0.119. The first-order chi connectivity index (χ1) is 16.7. The summed E-state index contributed by atoms with van der Waals surface area (Å²) in [5.41, 5.74) is 0.889. The van der Waals surface area contributed by atoms with Gasteiger partial charge in [-0.15, -0.1) is 11.8 Å². The Hall–Kier alpha value is -1.91. The van der Waals surface area contributed by atoms with E-state index in [2.05, 4.69) is 5.32 Å². The van der Waals surface area contributed by atoms with E-state index in [0.29, 0.717) is 28.1 Å². The lowest BCUT2D eigenvalue weighted by atomic mass is 10.2. The molecule has 3 aromatic carbocycles. The van der Waals surface area contributed by atoms with Crippen LogP contribution in [-0.2, 0) is 20.6 Å². The molecule has 1 amide bonds. The van der Waals surface area contributed by atoms with E-state index in [1.165, 1.54) is 53.9 Å². The molecule has 0 saturated heterocycles. The average Bonchev–Trinajstić information content (AvgIpc) is 2.84. The van der Waals surface area contributed by atoms with Crippen LogP contribution < -0.4 is 9.62 Å². The Morgan fingerprint density at radius 1 is 1.03 bits per heavy atom. The molecule has 186 valence electrons. The van der Waals surface area contributed by atoms with Crippen molar-refractivity contribution < 1.29 is 17.6 Å². The first-order valence-electron chi connectivity index (χ1n) is 10.4. The van der Waals surface area contributed by atoms with Crippen LogP contribution in [0.25, 0.3) is 0 Å². The number of nitrogens with one attached hydrogen (secondary N) is 1. The Balaban J connectivity index is 1.66. The molecule has 5 nitrogen and oxygen atoms in total. The van der Waals surface area contributed by atoms with Crippen molar-refractivity contribution in [2.24, 2.45) is 0 Å². The molecule has 0 saturated carbocycles. The number of hydrogen-bond donors (Lipinski definition) is 1. The molecular weight excluding hydrogens is 550 g/mol. The van der Waals surface area contributed by atoms with Crippen LogP contribution in [0.1, 0.15) is 5.56 Å². The smallest absolute Gasteiger partial charge is 0.264 e. The van der Waals surface area contributed by atoms with Gasteiger partial charge in [0, 0.05) is 33.0 Å². The number of sulfonamides is 1. The number of hydrogen-bond acceptors (Lipinski definition) is 5. The largest absolute Gasteiger partial charge is 0.354 e. The van der Waals surface area contributed by atoms with E-state index in [1.54, 1.807) is 30.3 Å². The minimum Gasteiger partial charge on any atom is -0.354 e. The van der Waals surface area contributed by atoms with Gasteiger partial charge in [-0.2, -0.15) is 11.8 Å². The normalized spacial score (nSPS) is 11.3. The highest BCUT2D eigenvalue weighted by Crippen LogP contribution is 2.28. The van der Waals surface area contributed by atoms with E-state index in [4.69, 9.17) is 23.2 Å². The molecule has 0 radical (unpaired) electrons. The molecule has 3 rings (SSSR count). The predicted molar refractivity (Wildman–Crippen MR) is 145 cm³/mol. The fourth-order valence-corrected chi connectivity index (χ4v) is 6.53. The van der Waals surface area contributed by atoms with Gasteiger partial charge in [0.05, 0.1) is 10.6 Å². The number of amides is 1. The molecule has 0 atom stereocenters. The topological polar surface area (TPSA) is 66.5 Å². The Labute approximate surface area is 223 Å². The Bertz CT molecular complexity index is 1260. The minimum atomic E-state index is -4.11. The summed E-state index contributed by atoms with van der Waals surface area (Å²) in [5, 5.41) is 3.88. The number of carbonyl (C=O) groups excluding carboxylic acids is 1. The van der Waals surface area contributed by atoms with Crippen LogP contribution in [0.2, 0.25) is 10.0 Å². The van der Waals surface area contributed by atoms with Gasteiger partial charge in [-0.25, -0.2) is 12.8 Å². The van der Waals surface area contributed by atoms with Crippen molar-refractivity contribution in [1.82, 2.24) is 5.32 Å². The molecule has 3 aromatic rings. The Morgan fingerprint density at radius 2 is 1.69 bits per heavy atom. The number of anilines is 1. The van der Waals surface area contributed by atoms with Crippen LogP contribution in [0.3, 0.4) is 0 Å². The first-order valence-corrected chi connectivity index (χ1v) is 15.0. The zero-order valence-electron chi connectivity index (χ0n) is 18.7. The van der Waals surface area contributed by atoms with Crippen LogP contribution in [0.15, 0.2) is 76.5 Å². The molecule has 0 aromatic heterocycles.